The zero-order chi connectivity index (χ0) is 25.5. The van der Waals surface area contributed by atoms with Gasteiger partial charge in [-0.25, -0.2) is 0 Å². The highest BCUT2D eigenvalue weighted by Crippen LogP contribution is 2.27. The summed E-state index contributed by atoms with van der Waals surface area (Å²) in [6, 6.07) is 17.4. The fourth-order valence-electron chi connectivity index (χ4n) is 3.77. The van der Waals surface area contributed by atoms with Crippen LogP contribution < -0.4 is 10.1 Å². The maximum absolute atomic E-state index is 13.5. The van der Waals surface area contributed by atoms with Crippen LogP contribution >= 0.6 is 34.8 Å². The molecule has 0 aromatic heterocycles. The molecule has 0 radical (unpaired) electrons. The number of likely N-dealkylation sites (N-methyl/N-ethyl adjacent to an activating group) is 1. The van der Waals surface area contributed by atoms with E-state index >= 15 is 0 Å². The highest BCUT2D eigenvalue weighted by Gasteiger charge is 2.30. The third-order valence-electron chi connectivity index (χ3n) is 5.65. The average Bonchev–Trinajstić information content (AvgIpc) is 2.84. The topological polar surface area (TPSA) is 58.6 Å². The van der Waals surface area contributed by atoms with Crippen LogP contribution in [-0.2, 0) is 22.6 Å². The molecule has 0 heterocycles. The fourth-order valence-corrected chi connectivity index (χ4v) is 4.35. The number of nitrogens with one attached hydrogen (secondary N) is 1. The zero-order valence-electron chi connectivity index (χ0n) is 19.8. The van der Waals surface area contributed by atoms with Gasteiger partial charge >= 0.3 is 0 Å². The molecule has 0 saturated carbocycles. The number of halogens is 3. The van der Waals surface area contributed by atoms with Crippen molar-refractivity contribution in [1.82, 2.24) is 10.2 Å². The molecule has 2 amide bonds. The molecule has 0 bridgehead atoms. The summed E-state index contributed by atoms with van der Waals surface area (Å²) >= 11 is 18.7. The Morgan fingerprint density at radius 2 is 1.63 bits per heavy atom. The number of carbonyl (C=O) groups excluding carboxylic acids is 2. The van der Waals surface area contributed by atoms with Gasteiger partial charge in [-0.1, -0.05) is 71.2 Å². The molecule has 0 aliphatic carbocycles. The highest BCUT2D eigenvalue weighted by molar-refractivity contribution is 6.35. The van der Waals surface area contributed by atoms with E-state index in [1.54, 1.807) is 37.4 Å². The lowest BCUT2D eigenvalue weighted by Crippen LogP contribution is -2.51. The van der Waals surface area contributed by atoms with Crippen molar-refractivity contribution in [2.75, 3.05) is 13.7 Å². The van der Waals surface area contributed by atoms with Crippen molar-refractivity contribution in [2.45, 2.75) is 32.9 Å². The van der Waals surface area contributed by atoms with Gasteiger partial charge in [0.15, 0.2) is 6.61 Å². The van der Waals surface area contributed by atoms with Crippen LogP contribution in [0.1, 0.15) is 22.3 Å². The summed E-state index contributed by atoms with van der Waals surface area (Å²) in [5, 5.41) is 4.24. The Bertz CT molecular complexity index is 1180. The van der Waals surface area contributed by atoms with E-state index in [-0.39, 0.29) is 25.0 Å². The molecule has 5 nitrogen and oxygen atoms in total. The Labute approximate surface area is 220 Å². The van der Waals surface area contributed by atoms with E-state index in [1.807, 2.05) is 44.2 Å². The average molecular weight is 534 g/mol. The van der Waals surface area contributed by atoms with E-state index in [0.717, 1.165) is 16.7 Å². The van der Waals surface area contributed by atoms with Gasteiger partial charge in [0.05, 0.1) is 0 Å². The first-order chi connectivity index (χ1) is 16.7. The Morgan fingerprint density at radius 1 is 0.971 bits per heavy atom. The zero-order valence-corrected chi connectivity index (χ0v) is 22.0. The van der Waals surface area contributed by atoms with E-state index < -0.39 is 6.04 Å². The van der Waals surface area contributed by atoms with Gasteiger partial charge in [-0.3, -0.25) is 9.59 Å². The van der Waals surface area contributed by atoms with Crippen LogP contribution in [0.2, 0.25) is 15.1 Å². The molecule has 0 spiro atoms. The number of amides is 2. The SMILES string of the molecule is CNC(=O)[C@@H](Cc1ccccc1)N(Cc1ccc(Cl)cc1Cl)C(=O)COc1cc(C)c(Cl)c(C)c1. The smallest absolute Gasteiger partial charge is 0.261 e. The predicted octanol–water partition coefficient (Wildman–Crippen LogP) is 6.03. The standard InChI is InChI=1S/C27H27Cl3N2O3/c1-17-11-22(12-18(2)26(17)30)35-16-25(33)32(15-20-9-10-21(28)14-23(20)29)24(27(34)31-3)13-19-7-5-4-6-8-19/h4-12,14,24H,13,15-16H2,1-3H3,(H,31,34)/t24-/m1/s1. The minimum absolute atomic E-state index is 0.113. The Balaban J connectivity index is 1.91. The second kappa shape index (κ2) is 12.3. The Morgan fingerprint density at radius 3 is 2.23 bits per heavy atom. The number of rotatable bonds is 9. The molecule has 0 aliphatic heterocycles. The quantitative estimate of drug-likeness (QED) is 0.365. The van der Waals surface area contributed by atoms with Gasteiger partial charge in [-0.2, -0.15) is 0 Å². The molecule has 1 N–H and O–H groups in total. The number of hydrogen-bond acceptors (Lipinski definition) is 3. The number of hydrogen-bond donors (Lipinski definition) is 1. The molecule has 184 valence electrons. The lowest BCUT2D eigenvalue weighted by Gasteiger charge is -2.31. The Kier molecular flexibility index (Phi) is 9.44. The van der Waals surface area contributed by atoms with E-state index in [4.69, 9.17) is 39.5 Å². The first-order valence-electron chi connectivity index (χ1n) is 11.1. The number of ether oxygens (including phenoxy) is 1. The van der Waals surface area contributed by atoms with Crippen LogP contribution in [-0.4, -0.2) is 36.4 Å². The summed E-state index contributed by atoms with van der Waals surface area (Å²) in [5.74, 6) is -0.113. The summed E-state index contributed by atoms with van der Waals surface area (Å²) in [5.41, 5.74) is 3.30. The lowest BCUT2D eigenvalue weighted by molar-refractivity contribution is -0.142. The molecule has 3 aromatic carbocycles. The van der Waals surface area contributed by atoms with Gasteiger partial charge in [0, 0.05) is 35.1 Å². The molecule has 0 saturated heterocycles. The van der Waals surface area contributed by atoms with Crippen molar-refractivity contribution < 1.29 is 14.3 Å². The summed E-state index contributed by atoms with van der Waals surface area (Å²) in [4.78, 5) is 28.0. The summed E-state index contributed by atoms with van der Waals surface area (Å²) in [6.07, 6.45) is 0.330. The van der Waals surface area contributed by atoms with Crippen molar-refractivity contribution in [2.24, 2.45) is 0 Å². The molecule has 3 rings (SSSR count). The molecule has 0 unspecified atom stereocenters. The number of nitrogens with zero attached hydrogens (tertiary/aromatic N) is 1. The van der Waals surface area contributed by atoms with Crippen LogP contribution in [0.5, 0.6) is 5.75 Å². The summed E-state index contributed by atoms with van der Waals surface area (Å²) in [6.45, 7) is 3.61. The second-order valence-corrected chi connectivity index (χ2v) is 9.46. The van der Waals surface area contributed by atoms with Crippen LogP contribution in [0, 0.1) is 13.8 Å². The number of carbonyl (C=O) groups is 2. The van der Waals surface area contributed by atoms with Gasteiger partial charge in [0.25, 0.3) is 5.91 Å². The first kappa shape index (κ1) is 26.9. The molecule has 35 heavy (non-hydrogen) atoms. The summed E-state index contributed by atoms with van der Waals surface area (Å²) in [7, 11) is 1.55. The predicted molar refractivity (Wildman–Crippen MR) is 141 cm³/mol. The normalized spacial score (nSPS) is 11.6. The van der Waals surface area contributed by atoms with Crippen LogP contribution in [0.3, 0.4) is 0 Å². The van der Waals surface area contributed by atoms with Crippen molar-refractivity contribution in [3.8, 4) is 5.75 Å². The van der Waals surface area contributed by atoms with E-state index in [9.17, 15) is 9.59 Å². The molecule has 0 aliphatic rings. The van der Waals surface area contributed by atoms with Crippen molar-refractivity contribution in [3.63, 3.8) is 0 Å². The monoisotopic (exact) mass is 532 g/mol. The van der Waals surface area contributed by atoms with Gasteiger partial charge < -0.3 is 15.0 Å². The second-order valence-electron chi connectivity index (χ2n) is 8.24. The molecular formula is C27H27Cl3N2O3. The maximum Gasteiger partial charge on any atom is 0.261 e. The van der Waals surface area contributed by atoms with Crippen LogP contribution in [0.15, 0.2) is 60.7 Å². The molecule has 0 fully saturated rings. The molecule has 8 heteroatoms. The van der Waals surface area contributed by atoms with Gasteiger partial charge in [-0.15, -0.1) is 0 Å². The van der Waals surface area contributed by atoms with Gasteiger partial charge in [-0.05, 0) is 60.4 Å². The van der Waals surface area contributed by atoms with Gasteiger partial charge in [0.2, 0.25) is 5.91 Å². The van der Waals surface area contributed by atoms with Crippen LogP contribution in [0.25, 0.3) is 0 Å². The maximum atomic E-state index is 13.5. The third kappa shape index (κ3) is 7.14. The largest absolute Gasteiger partial charge is 0.484 e. The van der Waals surface area contributed by atoms with E-state index in [2.05, 4.69) is 5.32 Å². The highest BCUT2D eigenvalue weighted by atomic mass is 35.5. The van der Waals surface area contributed by atoms with Crippen molar-refractivity contribution in [1.29, 1.82) is 0 Å². The van der Waals surface area contributed by atoms with E-state index in [0.29, 0.717) is 32.8 Å². The van der Waals surface area contributed by atoms with Crippen LogP contribution in [0.4, 0.5) is 0 Å². The summed E-state index contributed by atoms with van der Waals surface area (Å²) < 4.78 is 5.83. The Hall–Kier alpha value is -2.73. The third-order valence-corrected chi connectivity index (χ3v) is 6.83. The van der Waals surface area contributed by atoms with Crippen molar-refractivity contribution >= 4 is 46.6 Å². The number of benzene rings is 3. The van der Waals surface area contributed by atoms with E-state index in [1.165, 1.54) is 4.90 Å². The minimum Gasteiger partial charge on any atom is -0.484 e. The minimum atomic E-state index is -0.779. The molecular weight excluding hydrogens is 507 g/mol. The fraction of sp³-hybridized carbons (Fsp3) is 0.259. The number of aryl methyl sites for hydroxylation is 2. The lowest BCUT2D eigenvalue weighted by atomic mass is 10.0. The molecule has 3 aromatic rings. The first-order valence-corrected chi connectivity index (χ1v) is 12.2. The molecule has 1 atom stereocenters. The van der Waals surface area contributed by atoms with Crippen molar-refractivity contribution in [3.05, 3.63) is 98.0 Å². The van der Waals surface area contributed by atoms with Gasteiger partial charge in [0.1, 0.15) is 11.8 Å².